The summed E-state index contributed by atoms with van der Waals surface area (Å²) in [4.78, 5) is 25.3. The Bertz CT molecular complexity index is 953. The first kappa shape index (κ1) is 17.8. The highest BCUT2D eigenvalue weighted by atomic mass is 16.7. The lowest BCUT2D eigenvalue weighted by Gasteiger charge is -2.17. The van der Waals surface area contributed by atoms with Gasteiger partial charge >= 0.3 is 0 Å². The molecule has 0 spiro atoms. The van der Waals surface area contributed by atoms with Gasteiger partial charge in [-0.3, -0.25) is 14.9 Å². The Morgan fingerprint density at radius 3 is 2.71 bits per heavy atom. The molecule has 1 amide bonds. The largest absolute Gasteiger partial charge is 0.454 e. The summed E-state index contributed by atoms with van der Waals surface area (Å²) in [6, 6.07) is 9.77. The van der Waals surface area contributed by atoms with E-state index in [4.69, 9.17) is 9.47 Å². The SMILES string of the molecule is O=C(NN=Cc1ccc(N2CCCC2)c([N+](=O)[O-])c1)c1ccc2c(c1)OCO2. The van der Waals surface area contributed by atoms with Crippen LogP contribution in [0.4, 0.5) is 11.4 Å². The number of anilines is 1. The van der Waals surface area contributed by atoms with Crippen LogP contribution in [-0.2, 0) is 0 Å². The molecule has 1 fully saturated rings. The summed E-state index contributed by atoms with van der Waals surface area (Å²) < 4.78 is 10.5. The maximum absolute atomic E-state index is 12.2. The molecule has 0 unspecified atom stereocenters. The van der Waals surface area contributed by atoms with Crippen molar-refractivity contribution in [2.45, 2.75) is 12.8 Å². The quantitative estimate of drug-likeness (QED) is 0.484. The zero-order valence-electron chi connectivity index (χ0n) is 15.0. The number of carbonyl (C=O) groups is 1. The van der Waals surface area contributed by atoms with Gasteiger partial charge in [0.1, 0.15) is 5.69 Å². The highest BCUT2D eigenvalue weighted by Crippen LogP contribution is 2.33. The Balaban J connectivity index is 1.46. The number of rotatable bonds is 5. The van der Waals surface area contributed by atoms with E-state index in [0.29, 0.717) is 28.3 Å². The second kappa shape index (κ2) is 7.55. The molecule has 4 rings (SSSR count). The summed E-state index contributed by atoms with van der Waals surface area (Å²) in [5.41, 5.74) is 3.96. The van der Waals surface area contributed by atoms with Gasteiger partial charge in [0.15, 0.2) is 11.5 Å². The van der Waals surface area contributed by atoms with Gasteiger partial charge in [0.25, 0.3) is 11.6 Å². The fraction of sp³-hybridized carbons (Fsp3) is 0.263. The molecular weight excluding hydrogens is 364 g/mol. The maximum atomic E-state index is 12.2. The smallest absolute Gasteiger partial charge is 0.293 e. The molecule has 144 valence electrons. The van der Waals surface area contributed by atoms with Gasteiger partial charge in [-0.05, 0) is 37.1 Å². The van der Waals surface area contributed by atoms with Gasteiger partial charge in [-0.1, -0.05) is 6.07 Å². The van der Waals surface area contributed by atoms with Crippen LogP contribution < -0.4 is 19.8 Å². The van der Waals surface area contributed by atoms with Crippen molar-refractivity contribution in [2.24, 2.45) is 5.10 Å². The van der Waals surface area contributed by atoms with E-state index in [9.17, 15) is 14.9 Å². The molecule has 0 aliphatic carbocycles. The predicted octanol–water partition coefficient (Wildman–Crippen LogP) is 2.69. The molecule has 9 heteroatoms. The normalized spacial score (nSPS) is 15.2. The van der Waals surface area contributed by atoms with Crippen molar-refractivity contribution < 1.29 is 19.2 Å². The molecule has 0 radical (unpaired) electrons. The second-order valence-corrected chi connectivity index (χ2v) is 6.47. The van der Waals surface area contributed by atoms with Crippen LogP contribution >= 0.6 is 0 Å². The molecular formula is C19H18N4O5. The van der Waals surface area contributed by atoms with Crippen molar-refractivity contribution in [3.8, 4) is 11.5 Å². The predicted molar refractivity (Wildman–Crippen MR) is 102 cm³/mol. The van der Waals surface area contributed by atoms with E-state index in [2.05, 4.69) is 10.5 Å². The van der Waals surface area contributed by atoms with E-state index >= 15 is 0 Å². The average Bonchev–Trinajstić information content (AvgIpc) is 3.39. The Hall–Kier alpha value is -3.62. The number of nitrogens with one attached hydrogen (secondary N) is 1. The van der Waals surface area contributed by atoms with E-state index < -0.39 is 10.8 Å². The first-order valence-corrected chi connectivity index (χ1v) is 8.88. The number of hydrogen-bond donors (Lipinski definition) is 1. The first-order chi connectivity index (χ1) is 13.6. The fourth-order valence-electron chi connectivity index (χ4n) is 3.26. The Morgan fingerprint density at radius 1 is 1.14 bits per heavy atom. The average molecular weight is 382 g/mol. The summed E-state index contributed by atoms with van der Waals surface area (Å²) in [5.74, 6) is 0.674. The van der Waals surface area contributed by atoms with Crippen molar-refractivity contribution in [2.75, 3.05) is 24.8 Å². The third kappa shape index (κ3) is 3.59. The highest BCUT2D eigenvalue weighted by molar-refractivity contribution is 5.95. The molecule has 2 aliphatic heterocycles. The van der Waals surface area contributed by atoms with E-state index in [1.54, 1.807) is 30.3 Å². The molecule has 2 aromatic rings. The lowest BCUT2D eigenvalue weighted by molar-refractivity contribution is -0.384. The number of ether oxygens (including phenoxy) is 2. The molecule has 0 atom stereocenters. The number of hydrazone groups is 1. The van der Waals surface area contributed by atoms with Crippen molar-refractivity contribution >= 4 is 23.5 Å². The minimum absolute atomic E-state index is 0.0351. The van der Waals surface area contributed by atoms with Crippen LogP contribution in [-0.4, -0.2) is 36.9 Å². The molecule has 28 heavy (non-hydrogen) atoms. The summed E-state index contributed by atoms with van der Waals surface area (Å²) in [7, 11) is 0. The number of benzene rings is 2. The molecule has 9 nitrogen and oxygen atoms in total. The van der Waals surface area contributed by atoms with Crippen LogP contribution in [0.25, 0.3) is 0 Å². The van der Waals surface area contributed by atoms with Gasteiger partial charge < -0.3 is 14.4 Å². The van der Waals surface area contributed by atoms with Gasteiger partial charge in [-0.25, -0.2) is 5.43 Å². The summed E-state index contributed by atoms with van der Waals surface area (Å²) in [5, 5.41) is 15.3. The summed E-state index contributed by atoms with van der Waals surface area (Å²) >= 11 is 0. The summed E-state index contributed by atoms with van der Waals surface area (Å²) in [6.45, 7) is 1.77. The van der Waals surface area contributed by atoms with Gasteiger partial charge in [0.05, 0.1) is 11.1 Å². The zero-order chi connectivity index (χ0) is 19.5. The van der Waals surface area contributed by atoms with Crippen molar-refractivity contribution in [1.29, 1.82) is 0 Å². The van der Waals surface area contributed by atoms with E-state index in [1.807, 2.05) is 4.90 Å². The van der Waals surface area contributed by atoms with Gasteiger partial charge in [-0.15, -0.1) is 0 Å². The number of amides is 1. The van der Waals surface area contributed by atoms with Crippen LogP contribution in [0.1, 0.15) is 28.8 Å². The minimum Gasteiger partial charge on any atom is -0.454 e. The van der Waals surface area contributed by atoms with Crippen LogP contribution in [0.2, 0.25) is 0 Å². The molecule has 0 aromatic heterocycles. The fourth-order valence-corrected chi connectivity index (χ4v) is 3.26. The highest BCUT2D eigenvalue weighted by Gasteiger charge is 2.22. The third-order valence-corrected chi connectivity index (χ3v) is 4.66. The number of nitrogens with zero attached hydrogens (tertiary/aromatic N) is 3. The first-order valence-electron chi connectivity index (χ1n) is 8.88. The topological polar surface area (TPSA) is 106 Å². The van der Waals surface area contributed by atoms with Crippen LogP contribution in [0.5, 0.6) is 11.5 Å². The van der Waals surface area contributed by atoms with Crippen molar-refractivity contribution in [3.63, 3.8) is 0 Å². The third-order valence-electron chi connectivity index (χ3n) is 4.66. The Kier molecular flexibility index (Phi) is 4.79. The maximum Gasteiger partial charge on any atom is 0.293 e. The Morgan fingerprint density at radius 2 is 1.93 bits per heavy atom. The lowest BCUT2D eigenvalue weighted by Crippen LogP contribution is -2.19. The number of fused-ring (bicyclic) bond motifs is 1. The van der Waals surface area contributed by atoms with E-state index in [0.717, 1.165) is 25.9 Å². The van der Waals surface area contributed by atoms with Crippen LogP contribution in [0.15, 0.2) is 41.5 Å². The molecule has 2 aromatic carbocycles. The van der Waals surface area contributed by atoms with E-state index in [-0.39, 0.29) is 12.5 Å². The van der Waals surface area contributed by atoms with Crippen molar-refractivity contribution in [1.82, 2.24) is 5.43 Å². The molecule has 2 aliphatic rings. The van der Waals surface area contributed by atoms with Gasteiger partial charge in [0, 0.05) is 30.3 Å². The van der Waals surface area contributed by atoms with Crippen molar-refractivity contribution in [3.05, 3.63) is 57.6 Å². The molecule has 1 saturated heterocycles. The second-order valence-electron chi connectivity index (χ2n) is 6.47. The molecule has 0 bridgehead atoms. The molecule has 1 N–H and O–H groups in total. The summed E-state index contributed by atoms with van der Waals surface area (Å²) in [6.07, 6.45) is 3.45. The molecule has 2 heterocycles. The van der Waals surface area contributed by atoms with Crippen LogP contribution in [0.3, 0.4) is 0 Å². The van der Waals surface area contributed by atoms with Gasteiger partial charge in [0.2, 0.25) is 6.79 Å². The van der Waals surface area contributed by atoms with Crippen LogP contribution in [0, 0.1) is 10.1 Å². The monoisotopic (exact) mass is 382 g/mol. The van der Waals surface area contributed by atoms with Gasteiger partial charge in [-0.2, -0.15) is 5.10 Å². The lowest BCUT2D eigenvalue weighted by atomic mass is 10.1. The van der Waals surface area contributed by atoms with E-state index in [1.165, 1.54) is 12.3 Å². The standard InChI is InChI=1S/C19H18N4O5/c24-19(14-4-6-17-18(10-14)28-12-27-17)21-20-11-13-3-5-15(16(9-13)23(25)26)22-7-1-2-8-22/h3-6,9-11H,1-2,7-8,12H2,(H,21,24). The number of nitro benzene ring substituents is 1. The zero-order valence-corrected chi connectivity index (χ0v) is 15.0. The number of nitro groups is 1. The Labute approximate surface area is 160 Å². The molecule has 0 saturated carbocycles. The number of carbonyl (C=O) groups excluding carboxylic acids is 1. The minimum atomic E-state index is -0.419. The number of hydrogen-bond acceptors (Lipinski definition) is 7.